The van der Waals surface area contributed by atoms with Crippen molar-refractivity contribution < 1.29 is 14.6 Å². The molecule has 76 valence electrons. The first-order chi connectivity index (χ1) is 6.63. The van der Waals surface area contributed by atoms with Crippen LogP contribution >= 0.6 is 0 Å². The van der Waals surface area contributed by atoms with E-state index < -0.39 is 5.60 Å². The maximum absolute atomic E-state index is 10.1. The lowest BCUT2D eigenvalue weighted by molar-refractivity contribution is 0.0146. The molecule has 3 nitrogen and oxygen atoms in total. The van der Waals surface area contributed by atoms with Gasteiger partial charge < -0.3 is 14.6 Å². The minimum absolute atomic E-state index is 0.549. The van der Waals surface area contributed by atoms with Crippen molar-refractivity contribution >= 4 is 0 Å². The number of hydrogen-bond donors (Lipinski definition) is 1. The third-order valence-electron chi connectivity index (χ3n) is 2.62. The van der Waals surface area contributed by atoms with Crippen LogP contribution in [0.4, 0.5) is 0 Å². The predicted molar refractivity (Wildman–Crippen MR) is 52.7 cm³/mol. The minimum Gasteiger partial charge on any atom is -0.497 e. The molecule has 0 aromatic heterocycles. The Kier molecular flexibility index (Phi) is 2.11. The molecule has 0 amide bonds. The van der Waals surface area contributed by atoms with Crippen molar-refractivity contribution in [3.63, 3.8) is 0 Å². The number of methoxy groups -OCH3 is 1. The Morgan fingerprint density at radius 2 is 2.29 bits per heavy atom. The van der Waals surface area contributed by atoms with Gasteiger partial charge in [-0.3, -0.25) is 0 Å². The largest absolute Gasteiger partial charge is 0.497 e. The topological polar surface area (TPSA) is 38.7 Å². The lowest BCUT2D eigenvalue weighted by Crippen LogP contribution is -2.29. The van der Waals surface area contributed by atoms with Crippen LogP contribution in [0.2, 0.25) is 0 Å². The summed E-state index contributed by atoms with van der Waals surface area (Å²) < 4.78 is 10.5. The summed E-state index contributed by atoms with van der Waals surface area (Å²) in [5.41, 5.74) is 0.0596. The van der Waals surface area contributed by atoms with Crippen LogP contribution in [0.5, 0.6) is 11.5 Å². The van der Waals surface area contributed by atoms with E-state index in [1.807, 2.05) is 18.2 Å². The summed E-state index contributed by atoms with van der Waals surface area (Å²) in [6, 6.07) is 5.50. The molecule has 1 unspecified atom stereocenters. The first-order valence-electron chi connectivity index (χ1n) is 4.67. The summed E-state index contributed by atoms with van der Waals surface area (Å²) in [4.78, 5) is 0. The van der Waals surface area contributed by atoms with Gasteiger partial charge in [0.05, 0.1) is 19.3 Å². The average Bonchev–Trinajstić information content (AvgIpc) is 2.16. The van der Waals surface area contributed by atoms with E-state index in [0.717, 1.165) is 17.1 Å². The summed E-state index contributed by atoms with van der Waals surface area (Å²) in [5, 5.41) is 10.1. The zero-order chi connectivity index (χ0) is 10.2. The number of aliphatic hydroxyl groups is 1. The van der Waals surface area contributed by atoms with E-state index in [2.05, 4.69) is 0 Å². The molecule has 0 saturated carbocycles. The molecule has 1 aromatic carbocycles. The maximum atomic E-state index is 10.1. The van der Waals surface area contributed by atoms with Crippen molar-refractivity contribution in [2.24, 2.45) is 0 Å². The van der Waals surface area contributed by atoms with Gasteiger partial charge in [-0.1, -0.05) is 0 Å². The van der Waals surface area contributed by atoms with Gasteiger partial charge in [0, 0.05) is 18.1 Å². The van der Waals surface area contributed by atoms with E-state index in [1.165, 1.54) is 0 Å². The molecular formula is C11H14O3. The highest BCUT2D eigenvalue weighted by molar-refractivity contribution is 5.44. The molecule has 14 heavy (non-hydrogen) atoms. The van der Waals surface area contributed by atoms with Gasteiger partial charge in [-0.05, 0) is 19.1 Å². The molecule has 1 heterocycles. The van der Waals surface area contributed by atoms with Gasteiger partial charge in [0.15, 0.2) is 0 Å². The fraction of sp³-hybridized carbons (Fsp3) is 0.455. The lowest BCUT2D eigenvalue weighted by atomic mass is 9.90. The van der Waals surface area contributed by atoms with Gasteiger partial charge in [0.1, 0.15) is 11.5 Å². The average molecular weight is 194 g/mol. The number of hydrogen-bond acceptors (Lipinski definition) is 3. The predicted octanol–water partition coefficient (Wildman–Crippen LogP) is 1.69. The smallest absolute Gasteiger partial charge is 0.129 e. The van der Waals surface area contributed by atoms with Crippen molar-refractivity contribution in [3.05, 3.63) is 23.8 Å². The highest BCUT2D eigenvalue weighted by Gasteiger charge is 2.30. The fourth-order valence-corrected chi connectivity index (χ4v) is 1.69. The quantitative estimate of drug-likeness (QED) is 0.739. The Morgan fingerprint density at radius 1 is 1.50 bits per heavy atom. The van der Waals surface area contributed by atoms with Crippen LogP contribution in [0.3, 0.4) is 0 Å². The van der Waals surface area contributed by atoms with Gasteiger partial charge in [-0.25, -0.2) is 0 Å². The van der Waals surface area contributed by atoms with Gasteiger partial charge in [-0.15, -0.1) is 0 Å². The first kappa shape index (κ1) is 9.34. The molecule has 1 atom stereocenters. The number of rotatable bonds is 1. The van der Waals surface area contributed by atoms with Crippen molar-refractivity contribution in [1.29, 1.82) is 0 Å². The third kappa shape index (κ3) is 1.44. The Labute approximate surface area is 83.3 Å². The van der Waals surface area contributed by atoms with Crippen LogP contribution in [0.15, 0.2) is 18.2 Å². The molecule has 0 radical (unpaired) electrons. The van der Waals surface area contributed by atoms with E-state index in [4.69, 9.17) is 9.47 Å². The molecule has 1 aromatic rings. The zero-order valence-corrected chi connectivity index (χ0v) is 8.41. The number of fused-ring (bicyclic) bond motifs is 1. The number of benzene rings is 1. The van der Waals surface area contributed by atoms with Crippen molar-refractivity contribution in [3.8, 4) is 11.5 Å². The molecule has 1 aliphatic heterocycles. The summed E-state index contributed by atoms with van der Waals surface area (Å²) in [6.45, 7) is 2.36. The highest BCUT2D eigenvalue weighted by Crippen LogP contribution is 2.38. The Hall–Kier alpha value is -1.22. The van der Waals surface area contributed by atoms with Crippen LogP contribution in [-0.2, 0) is 5.60 Å². The molecule has 0 bridgehead atoms. The lowest BCUT2D eigenvalue weighted by Gasteiger charge is -2.31. The summed E-state index contributed by atoms with van der Waals surface area (Å²) in [6.07, 6.45) is 0.631. The molecule has 2 rings (SSSR count). The molecule has 0 aliphatic carbocycles. The SMILES string of the molecule is COc1ccc2c(c1)OCCC2(C)O. The van der Waals surface area contributed by atoms with Crippen molar-refractivity contribution in [2.75, 3.05) is 13.7 Å². The van der Waals surface area contributed by atoms with Gasteiger partial charge >= 0.3 is 0 Å². The molecule has 0 spiro atoms. The second-order valence-corrected chi connectivity index (χ2v) is 3.73. The van der Waals surface area contributed by atoms with Gasteiger partial charge in [0.25, 0.3) is 0 Å². The molecule has 0 fully saturated rings. The monoisotopic (exact) mass is 194 g/mol. The molecular weight excluding hydrogens is 180 g/mol. The Morgan fingerprint density at radius 3 is 3.00 bits per heavy atom. The zero-order valence-electron chi connectivity index (χ0n) is 8.41. The molecule has 0 saturated heterocycles. The van der Waals surface area contributed by atoms with Crippen molar-refractivity contribution in [2.45, 2.75) is 18.9 Å². The number of ether oxygens (including phenoxy) is 2. The molecule has 1 N–H and O–H groups in total. The molecule has 3 heteroatoms. The first-order valence-corrected chi connectivity index (χ1v) is 4.67. The van der Waals surface area contributed by atoms with Gasteiger partial charge in [0.2, 0.25) is 0 Å². The van der Waals surface area contributed by atoms with Crippen LogP contribution in [-0.4, -0.2) is 18.8 Å². The fourth-order valence-electron chi connectivity index (χ4n) is 1.69. The van der Waals surface area contributed by atoms with Gasteiger partial charge in [-0.2, -0.15) is 0 Å². The second kappa shape index (κ2) is 3.17. The summed E-state index contributed by atoms with van der Waals surface area (Å²) in [7, 11) is 1.61. The van der Waals surface area contributed by atoms with Crippen LogP contribution in [0, 0.1) is 0 Å². The second-order valence-electron chi connectivity index (χ2n) is 3.73. The van der Waals surface area contributed by atoms with E-state index in [1.54, 1.807) is 14.0 Å². The minimum atomic E-state index is -0.778. The molecule has 1 aliphatic rings. The normalized spacial score (nSPS) is 25.1. The van der Waals surface area contributed by atoms with Crippen LogP contribution in [0.25, 0.3) is 0 Å². The van der Waals surface area contributed by atoms with E-state index in [9.17, 15) is 5.11 Å². The maximum Gasteiger partial charge on any atom is 0.129 e. The standard InChI is InChI=1S/C11H14O3/c1-11(12)5-6-14-10-7-8(13-2)3-4-9(10)11/h3-4,7,12H,5-6H2,1-2H3. The Balaban J connectivity index is 2.46. The van der Waals surface area contributed by atoms with Crippen molar-refractivity contribution in [1.82, 2.24) is 0 Å². The van der Waals surface area contributed by atoms with Crippen LogP contribution in [0.1, 0.15) is 18.9 Å². The highest BCUT2D eigenvalue weighted by atomic mass is 16.5. The van der Waals surface area contributed by atoms with E-state index >= 15 is 0 Å². The van der Waals surface area contributed by atoms with E-state index in [-0.39, 0.29) is 0 Å². The third-order valence-corrected chi connectivity index (χ3v) is 2.62. The van der Waals surface area contributed by atoms with Crippen LogP contribution < -0.4 is 9.47 Å². The Bertz CT molecular complexity index is 344. The van der Waals surface area contributed by atoms with E-state index in [0.29, 0.717) is 13.0 Å². The summed E-state index contributed by atoms with van der Waals surface area (Å²) >= 11 is 0. The summed E-state index contributed by atoms with van der Waals surface area (Å²) in [5.74, 6) is 1.47.